The van der Waals surface area contributed by atoms with Crippen LogP contribution in [0.15, 0.2) is 12.1 Å². The van der Waals surface area contributed by atoms with Crippen LogP contribution in [0.5, 0.6) is 0 Å². The van der Waals surface area contributed by atoms with Gasteiger partial charge in [0.15, 0.2) is 0 Å². The molecule has 1 aromatic heterocycles. The van der Waals surface area contributed by atoms with Crippen LogP contribution in [0.3, 0.4) is 0 Å². The summed E-state index contributed by atoms with van der Waals surface area (Å²) in [5.74, 6) is -0.150. The maximum absolute atomic E-state index is 12.4. The minimum atomic E-state index is -0.409. The van der Waals surface area contributed by atoms with Crippen LogP contribution in [0.1, 0.15) is 12.8 Å². The van der Waals surface area contributed by atoms with Crippen LogP contribution in [0.2, 0.25) is 10.3 Å². The first-order valence-electron chi connectivity index (χ1n) is 5.84. The van der Waals surface area contributed by atoms with Gasteiger partial charge in [-0.2, -0.15) is 0 Å². The van der Waals surface area contributed by atoms with E-state index in [9.17, 15) is 9.59 Å². The standard InChI is InChI=1S/C12H13Cl2N3O2/c1-16(8-5-10(13)15-11(14)6-8)12(19)9-3-2-4-17(9)7-18/h5-7,9H,2-4H2,1H3. The van der Waals surface area contributed by atoms with E-state index in [4.69, 9.17) is 23.2 Å². The van der Waals surface area contributed by atoms with Gasteiger partial charge in [0.25, 0.3) is 0 Å². The van der Waals surface area contributed by atoms with E-state index in [1.165, 1.54) is 9.80 Å². The van der Waals surface area contributed by atoms with Gasteiger partial charge in [0, 0.05) is 19.3 Å². The molecule has 0 saturated carbocycles. The van der Waals surface area contributed by atoms with Crippen molar-refractivity contribution >= 4 is 41.2 Å². The number of likely N-dealkylation sites (tertiary alicyclic amines) is 1. The van der Waals surface area contributed by atoms with E-state index in [0.717, 1.165) is 12.8 Å². The van der Waals surface area contributed by atoms with Crippen molar-refractivity contribution in [1.29, 1.82) is 0 Å². The number of carbonyl (C=O) groups excluding carboxylic acids is 2. The molecular weight excluding hydrogens is 289 g/mol. The third kappa shape index (κ3) is 2.98. The molecule has 7 heteroatoms. The molecule has 1 aromatic rings. The van der Waals surface area contributed by atoms with Gasteiger partial charge in [-0.05, 0) is 25.0 Å². The predicted molar refractivity (Wildman–Crippen MR) is 73.5 cm³/mol. The second-order valence-electron chi connectivity index (χ2n) is 4.37. The Kier molecular flexibility index (Phi) is 4.27. The first-order chi connectivity index (χ1) is 9.02. The first-order valence-corrected chi connectivity index (χ1v) is 6.60. The molecule has 1 aliphatic heterocycles. The molecule has 0 bridgehead atoms. The minimum Gasteiger partial charge on any atom is -0.333 e. The van der Waals surface area contributed by atoms with E-state index in [1.807, 2.05) is 0 Å². The number of pyridine rings is 1. The Morgan fingerprint density at radius 2 is 2.11 bits per heavy atom. The molecule has 0 radical (unpaired) electrons. The zero-order chi connectivity index (χ0) is 14.0. The molecule has 1 fully saturated rings. The topological polar surface area (TPSA) is 53.5 Å². The number of aromatic nitrogens is 1. The van der Waals surface area contributed by atoms with Crippen LogP contribution >= 0.6 is 23.2 Å². The Morgan fingerprint density at radius 1 is 1.47 bits per heavy atom. The zero-order valence-electron chi connectivity index (χ0n) is 10.3. The Hall–Kier alpha value is -1.33. The highest BCUT2D eigenvalue weighted by Crippen LogP contribution is 2.24. The highest BCUT2D eigenvalue weighted by molar-refractivity contribution is 6.33. The van der Waals surface area contributed by atoms with Crippen LogP contribution in [0.4, 0.5) is 5.69 Å². The smallest absolute Gasteiger partial charge is 0.249 e. The van der Waals surface area contributed by atoms with Crippen molar-refractivity contribution < 1.29 is 9.59 Å². The Bertz CT molecular complexity index is 489. The molecule has 5 nitrogen and oxygen atoms in total. The molecule has 1 unspecified atom stereocenters. The Morgan fingerprint density at radius 3 is 2.68 bits per heavy atom. The van der Waals surface area contributed by atoms with Crippen molar-refractivity contribution in [2.75, 3.05) is 18.5 Å². The molecule has 0 aromatic carbocycles. The van der Waals surface area contributed by atoms with Gasteiger partial charge in [-0.3, -0.25) is 9.59 Å². The maximum atomic E-state index is 12.4. The molecule has 2 rings (SSSR count). The third-order valence-electron chi connectivity index (χ3n) is 3.18. The number of amides is 2. The number of carbonyl (C=O) groups is 2. The molecule has 1 atom stereocenters. The minimum absolute atomic E-state index is 0.150. The van der Waals surface area contributed by atoms with Gasteiger partial charge in [-0.25, -0.2) is 4.98 Å². The van der Waals surface area contributed by atoms with E-state index >= 15 is 0 Å². The summed E-state index contributed by atoms with van der Waals surface area (Å²) in [6, 6.07) is 2.71. The fourth-order valence-corrected chi connectivity index (χ4v) is 2.63. The van der Waals surface area contributed by atoms with Gasteiger partial charge in [-0.15, -0.1) is 0 Å². The summed E-state index contributed by atoms with van der Waals surface area (Å²) in [4.78, 5) is 30.0. The van der Waals surface area contributed by atoms with E-state index in [0.29, 0.717) is 18.7 Å². The number of nitrogens with zero attached hydrogens (tertiary/aromatic N) is 3. The number of hydrogen-bond donors (Lipinski definition) is 0. The lowest BCUT2D eigenvalue weighted by Gasteiger charge is -2.25. The second kappa shape index (κ2) is 5.75. The summed E-state index contributed by atoms with van der Waals surface area (Å²) in [5, 5.41) is 0.446. The first kappa shape index (κ1) is 14.1. The maximum Gasteiger partial charge on any atom is 0.249 e. The molecule has 1 aliphatic rings. The highest BCUT2D eigenvalue weighted by atomic mass is 35.5. The predicted octanol–water partition coefficient (Wildman–Crippen LogP) is 1.97. The lowest BCUT2D eigenvalue weighted by atomic mass is 10.2. The molecular formula is C12H13Cl2N3O2. The lowest BCUT2D eigenvalue weighted by Crippen LogP contribution is -2.43. The largest absolute Gasteiger partial charge is 0.333 e. The van der Waals surface area contributed by atoms with Gasteiger partial charge in [0.05, 0.1) is 0 Å². The normalized spacial score (nSPS) is 18.5. The number of likely N-dealkylation sites (N-methyl/N-ethyl adjacent to an activating group) is 1. The van der Waals surface area contributed by atoms with Crippen molar-refractivity contribution in [1.82, 2.24) is 9.88 Å². The highest BCUT2D eigenvalue weighted by Gasteiger charge is 2.32. The summed E-state index contributed by atoms with van der Waals surface area (Å²) in [7, 11) is 1.63. The van der Waals surface area contributed by atoms with Gasteiger partial charge in [0.2, 0.25) is 12.3 Å². The second-order valence-corrected chi connectivity index (χ2v) is 5.14. The number of anilines is 1. The molecule has 0 spiro atoms. The van der Waals surface area contributed by atoms with E-state index < -0.39 is 6.04 Å². The number of rotatable bonds is 3. The van der Waals surface area contributed by atoms with Crippen molar-refractivity contribution in [3.05, 3.63) is 22.4 Å². The van der Waals surface area contributed by atoms with Crippen LogP contribution < -0.4 is 4.90 Å². The number of hydrogen-bond acceptors (Lipinski definition) is 3. The van der Waals surface area contributed by atoms with Crippen LogP contribution in [0, 0.1) is 0 Å². The fourth-order valence-electron chi connectivity index (χ4n) is 2.18. The van der Waals surface area contributed by atoms with Crippen molar-refractivity contribution in [3.63, 3.8) is 0 Å². The van der Waals surface area contributed by atoms with E-state index in [-0.39, 0.29) is 16.2 Å². The van der Waals surface area contributed by atoms with Gasteiger partial charge in [0.1, 0.15) is 16.3 Å². The zero-order valence-corrected chi connectivity index (χ0v) is 11.9. The van der Waals surface area contributed by atoms with Gasteiger partial charge >= 0.3 is 0 Å². The average Bonchev–Trinajstić information content (AvgIpc) is 2.84. The average molecular weight is 302 g/mol. The van der Waals surface area contributed by atoms with Crippen molar-refractivity contribution in [3.8, 4) is 0 Å². The molecule has 2 amide bonds. The molecule has 102 valence electrons. The lowest BCUT2D eigenvalue weighted by molar-refractivity contribution is -0.129. The monoisotopic (exact) mass is 301 g/mol. The summed E-state index contributed by atoms with van der Waals surface area (Å²) in [5.41, 5.74) is 0.563. The third-order valence-corrected chi connectivity index (χ3v) is 3.57. The molecule has 1 saturated heterocycles. The molecule has 2 heterocycles. The quantitative estimate of drug-likeness (QED) is 0.633. The van der Waals surface area contributed by atoms with Gasteiger partial charge < -0.3 is 9.80 Å². The van der Waals surface area contributed by atoms with Gasteiger partial charge in [-0.1, -0.05) is 23.2 Å². The van der Waals surface area contributed by atoms with Crippen molar-refractivity contribution in [2.24, 2.45) is 0 Å². The summed E-state index contributed by atoms with van der Waals surface area (Å²) >= 11 is 11.6. The summed E-state index contributed by atoms with van der Waals surface area (Å²) in [6.07, 6.45) is 2.23. The Labute approximate surface area is 121 Å². The molecule has 19 heavy (non-hydrogen) atoms. The SMILES string of the molecule is CN(C(=O)C1CCCN1C=O)c1cc(Cl)nc(Cl)c1. The van der Waals surface area contributed by atoms with Crippen LogP contribution in [-0.4, -0.2) is 41.8 Å². The van der Waals surface area contributed by atoms with Crippen LogP contribution in [-0.2, 0) is 9.59 Å². The van der Waals surface area contributed by atoms with E-state index in [2.05, 4.69) is 4.98 Å². The fraction of sp³-hybridized carbons (Fsp3) is 0.417. The molecule has 0 aliphatic carbocycles. The summed E-state index contributed by atoms with van der Waals surface area (Å²) in [6.45, 7) is 0.617. The Balaban J connectivity index is 2.20. The van der Waals surface area contributed by atoms with Crippen molar-refractivity contribution in [2.45, 2.75) is 18.9 Å². The van der Waals surface area contributed by atoms with Crippen LogP contribution in [0.25, 0.3) is 0 Å². The molecule has 0 N–H and O–H groups in total. The van der Waals surface area contributed by atoms with E-state index in [1.54, 1.807) is 19.2 Å². The number of halogens is 2. The summed E-state index contributed by atoms with van der Waals surface area (Å²) < 4.78 is 0.